The Morgan fingerprint density at radius 1 is 1.40 bits per heavy atom. The van der Waals surface area contributed by atoms with Crippen molar-refractivity contribution in [2.24, 2.45) is 0 Å². The van der Waals surface area contributed by atoms with Crippen molar-refractivity contribution < 1.29 is 0 Å². The number of halogens is 1. The lowest BCUT2D eigenvalue weighted by Gasteiger charge is -2.10. The molecule has 20 heavy (non-hydrogen) atoms. The van der Waals surface area contributed by atoms with E-state index in [0.29, 0.717) is 23.2 Å². The Labute approximate surface area is 126 Å². The van der Waals surface area contributed by atoms with Crippen LogP contribution in [0.3, 0.4) is 0 Å². The molecule has 0 saturated heterocycles. The summed E-state index contributed by atoms with van der Waals surface area (Å²) in [6.07, 6.45) is 5.39. The van der Waals surface area contributed by atoms with Crippen LogP contribution in [0.5, 0.6) is 0 Å². The normalized spacial score (nSPS) is 10.5. The van der Waals surface area contributed by atoms with Gasteiger partial charge in [0.15, 0.2) is 0 Å². The molecule has 0 spiro atoms. The number of aromatic nitrogens is 3. The molecule has 0 bridgehead atoms. The summed E-state index contributed by atoms with van der Waals surface area (Å²) in [5.41, 5.74) is 1.49. The fourth-order valence-electron chi connectivity index (χ4n) is 1.74. The molecule has 6 heteroatoms. The monoisotopic (exact) mass is 336 g/mol. The number of pyridine rings is 1. The molecule has 106 valence electrons. The molecule has 0 saturated carbocycles. The number of nitrogens with one attached hydrogen (secondary N) is 1. The van der Waals surface area contributed by atoms with E-state index < -0.39 is 0 Å². The van der Waals surface area contributed by atoms with Gasteiger partial charge in [-0.25, -0.2) is 4.68 Å². The lowest BCUT2D eigenvalue weighted by molar-refractivity contribution is 0.541. The predicted molar refractivity (Wildman–Crippen MR) is 82.7 cm³/mol. The lowest BCUT2D eigenvalue weighted by Crippen LogP contribution is -2.24. The first-order valence-corrected chi connectivity index (χ1v) is 7.41. The number of unbranched alkanes of at least 4 members (excludes halogenated alkanes) is 1. The van der Waals surface area contributed by atoms with E-state index in [1.54, 1.807) is 12.4 Å². The summed E-state index contributed by atoms with van der Waals surface area (Å²) in [6.45, 7) is 3.29. The first-order chi connectivity index (χ1) is 9.72. The van der Waals surface area contributed by atoms with E-state index in [1.807, 2.05) is 18.2 Å². The molecule has 0 aromatic carbocycles. The highest BCUT2D eigenvalue weighted by atomic mass is 79.9. The number of aryl methyl sites for hydroxylation is 1. The van der Waals surface area contributed by atoms with E-state index in [1.165, 1.54) is 4.68 Å². The Morgan fingerprint density at radius 2 is 2.25 bits per heavy atom. The number of rotatable bonds is 6. The first kappa shape index (κ1) is 14.7. The van der Waals surface area contributed by atoms with E-state index in [0.717, 1.165) is 18.5 Å². The maximum Gasteiger partial charge on any atom is 0.283 e. The second kappa shape index (κ2) is 7.19. The molecule has 0 amide bonds. The van der Waals surface area contributed by atoms with Crippen molar-refractivity contribution in [1.29, 1.82) is 0 Å². The van der Waals surface area contributed by atoms with E-state index in [4.69, 9.17) is 0 Å². The van der Waals surface area contributed by atoms with Crippen LogP contribution in [0.2, 0.25) is 0 Å². The van der Waals surface area contributed by atoms with Crippen molar-refractivity contribution in [3.8, 4) is 0 Å². The molecule has 2 rings (SSSR count). The third-order valence-electron chi connectivity index (χ3n) is 2.89. The first-order valence-electron chi connectivity index (χ1n) is 6.61. The van der Waals surface area contributed by atoms with Crippen molar-refractivity contribution in [2.45, 2.75) is 32.9 Å². The smallest absolute Gasteiger partial charge is 0.283 e. The van der Waals surface area contributed by atoms with Gasteiger partial charge in [-0.1, -0.05) is 19.4 Å². The van der Waals surface area contributed by atoms with Crippen LogP contribution in [0.25, 0.3) is 0 Å². The van der Waals surface area contributed by atoms with Gasteiger partial charge < -0.3 is 5.32 Å². The SMILES string of the molecule is CCCCn1ncc(NCc2ccccn2)c(Br)c1=O. The van der Waals surface area contributed by atoms with E-state index in [2.05, 4.69) is 38.3 Å². The molecule has 2 aromatic heterocycles. The van der Waals surface area contributed by atoms with Gasteiger partial charge in [0.2, 0.25) is 0 Å². The van der Waals surface area contributed by atoms with Gasteiger partial charge in [-0.2, -0.15) is 5.10 Å². The summed E-state index contributed by atoms with van der Waals surface area (Å²) in [6, 6.07) is 5.73. The van der Waals surface area contributed by atoms with Crippen LogP contribution in [0.15, 0.2) is 39.9 Å². The fraction of sp³-hybridized carbons (Fsp3) is 0.357. The van der Waals surface area contributed by atoms with Gasteiger partial charge in [0.1, 0.15) is 4.47 Å². The molecule has 5 nitrogen and oxygen atoms in total. The molecule has 1 N–H and O–H groups in total. The fourth-order valence-corrected chi connectivity index (χ4v) is 2.19. The van der Waals surface area contributed by atoms with Gasteiger partial charge in [0, 0.05) is 12.7 Å². The number of hydrogen-bond acceptors (Lipinski definition) is 4. The molecule has 0 aliphatic rings. The minimum atomic E-state index is -0.107. The summed E-state index contributed by atoms with van der Waals surface area (Å²) in [5.74, 6) is 0. The molecule has 0 radical (unpaired) electrons. The summed E-state index contributed by atoms with van der Waals surface area (Å²) in [4.78, 5) is 16.3. The Bertz CT molecular complexity index is 612. The number of nitrogens with zero attached hydrogens (tertiary/aromatic N) is 3. The molecule has 0 unspecified atom stereocenters. The van der Waals surface area contributed by atoms with Gasteiger partial charge in [0.05, 0.1) is 24.1 Å². The van der Waals surface area contributed by atoms with Crippen LogP contribution in [0.1, 0.15) is 25.5 Å². The zero-order valence-electron chi connectivity index (χ0n) is 11.3. The Hall–Kier alpha value is -1.69. The average Bonchev–Trinajstić information content (AvgIpc) is 2.49. The van der Waals surface area contributed by atoms with Crippen LogP contribution in [-0.4, -0.2) is 14.8 Å². The van der Waals surface area contributed by atoms with Gasteiger partial charge in [-0.3, -0.25) is 9.78 Å². The second-order valence-corrected chi connectivity index (χ2v) is 5.22. The van der Waals surface area contributed by atoms with Gasteiger partial charge in [0.25, 0.3) is 5.56 Å². The van der Waals surface area contributed by atoms with Crippen LogP contribution in [0.4, 0.5) is 5.69 Å². The highest BCUT2D eigenvalue weighted by molar-refractivity contribution is 9.10. The van der Waals surface area contributed by atoms with Crippen molar-refractivity contribution in [3.63, 3.8) is 0 Å². The summed E-state index contributed by atoms with van der Waals surface area (Å²) < 4.78 is 2.00. The number of hydrogen-bond donors (Lipinski definition) is 1. The number of anilines is 1. The van der Waals surface area contributed by atoms with Crippen molar-refractivity contribution >= 4 is 21.6 Å². The minimum absolute atomic E-state index is 0.107. The van der Waals surface area contributed by atoms with Crippen LogP contribution in [0, 0.1) is 0 Å². The molecular formula is C14H17BrN4O. The lowest BCUT2D eigenvalue weighted by atomic mass is 10.3. The molecule has 0 fully saturated rings. The molecule has 0 aliphatic heterocycles. The largest absolute Gasteiger partial charge is 0.377 e. The molecule has 2 heterocycles. The maximum atomic E-state index is 12.1. The zero-order valence-corrected chi connectivity index (χ0v) is 12.9. The Kier molecular flexibility index (Phi) is 5.29. The van der Waals surface area contributed by atoms with Crippen LogP contribution >= 0.6 is 15.9 Å². The summed E-state index contributed by atoms with van der Waals surface area (Å²) >= 11 is 3.34. The zero-order chi connectivity index (χ0) is 14.4. The quantitative estimate of drug-likeness (QED) is 0.881. The predicted octanol–water partition coefficient (Wildman–Crippen LogP) is 2.81. The van der Waals surface area contributed by atoms with Crippen LogP contribution in [-0.2, 0) is 13.1 Å². The van der Waals surface area contributed by atoms with Crippen LogP contribution < -0.4 is 10.9 Å². The minimum Gasteiger partial charge on any atom is -0.377 e. The molecule has 2 aromatic rings. The standard InChI is InChI=1S/C14H17BrN4O/c1-2-3-8-19-14(20)13(15)12(10-18-19)17-9-11-6-4-5-7-16-11/h4-7,10,17H,2-3,8-9H2,1H3. The third-order valence-corrected chi connectivity index (χ3v) is 3.66. The van der Waals surface area contributed by atoms with Gasteiger partial charge >= 0.3 is 0 Å². The summed E-state index contributed by atoms with van der Waals surface area (Å²) in [7, 11) is 0. The second-order valence-electron chi connectivity index (χ2n) is 4.43. The van der Waals surface area contributed by atoms with E-state index in [-0.39, 0.29) is 5.56 Å². The van der Waals surface area contributed by atoms with E-state index in [9.17, 15) is 4.79 Å². The molecular weight excluding hydrogens is 320 g/mol. The molecule has 0 atom stereocenters. The topological polar surface area (TPSA) is 59.8 Å². The Balaban J connectivity index is 2.09. The third kappa shape index (κ3) is 3.66. The van der Waals surface area contributed by atoms with Gasteiger partial charge in [-0.15, -0.1) is 0 Å². The maximum absolute atomic E-state index is 12.1. The Morgan fingerprint density at radius 3 is 2.95 bits per heavy atom. The molecule has 0 aliphatic carbocycles. The van der Waals surface area contributed by atoms with Crippen molar-refractivity contribution in [1.82, 2.24) is 14.8 Å². The summed E-state index contributed by atoms with van der Waals surface area (Å²) in [5, 5.41) is 7.35. The highest BCUT2D eigenvalue weighted by Gasteiger charge is 2.08. The van der Waals surface area contributed by atoms with Gasteiger partial charge in [-0.05, 0) is 34.5 Å². The van der Waals surface area contributed by atoms with Crippen molar-refractivity contribution in [2.75, 3.05) is 5.32 Å². The highest BCUT2D eigenvalue weighted by Crippen LogP contribution is 2.16. The van der Waals surface area contributed by atoms with E-state index >= 15 is 0 Å². The van der Waals surface area contributed by atoms with Crippen molar-refractivity contribution in [3.05, 3.63) is 51.1 Å². The average molecular weight is 337 g/mol.